The van der Waals surface area contributed by atoms with Gasteiger partial charge in [-0.25, -0.2) is 9.59 Å². The van der Waals surface area contributed by atoms with Gasteiger partial charge in [-0.05, 0) is 18.2 Å². The van der Waals surface area contributed by atoms with Gasteiger partial charge < -0.3 is 14.6 Å². The number of nitrogens with zero attached hydrogens (tertiary/aromatic N) is 1. The number of aliphatic imine (C=N–C) groups is 1. The molecule has 0 heterocycles. The largest absolute Gasteiger partial charge is 0.481 e. The molecule has 0 aliphatic rings. The van der Waals surface area contributed by atoms with Crippen LogP contribution in [-0.4, -0.2) is 44.2 Å². The summed E-state index contributed by atoms with van der Waals surface area (Å²) in [6, 6.07) is 4.07. The number of carboxylic acids is 1. The van der Waals surface area contributed by atoms with Crippen molar-refractivity contribution in [1.82, 2.24) is 0 Å². The zero-order valence-electron chi connectivity index (χ0n) is 10.3. The normalized spacial score (nSPS) is 10.9. The first-order chi connectivity index (χ1) is 8.53. The number of carbonyl (C=O) groups is 2. The zero-order chi connectivity index (χ0) is 13.7. The van der Waals surface area contributed by atoms with Crippen LogP contribution in [0.15, 0.2) is 23.2 Å². The van der Waals surface area contributed by atoms with E-state index in [2.05, 4.69) is 9.73 Å². The number of benzene rings is 1. The van der Waals surface area contributed by atoms with Gasteiger partial charge in [0.25, 0.3) is 0 Å². The van der Waals surface area contributed by atoms with Crippen LogP contribution in [0, 0.1) is 0 Å². The number of methoxy groups -OCH3 is 2. The Morgan fingerprint density at radius 2 is 1.61 bits per heavy atom. The van der Waals surface area contributed by atoms with Gasteiger partial charge in [-0.2, -0.15) is 0 Å². The van der Waals surface area contributed by atoms with Crippen molar-refractivity contribution in [3.05, 3.63) is 34.9 Å². The summed E-state index contributed by atoms with van der Waals surface area (Å²) in [5.74, 6) is -1.53. The molecule has 18 heavy (non-hydrogen) atoms. The van der Waals surface area contributed by atoms with Crippen LogP contribution in [0.2, 0.25) is 0 Å². The van der Waals surface area contributed by atoms with Crippen molar-refractivity contribution in [2.75, 3.05) is 21.3 Å². The lowest BCUT2D eigenvalue weighted by molar-refractivity contribution is 0.0600. The molecule has 1 N–H and O–H groups in total. The number of ether oxygens (including phenoxy) is 2. The lowest BCUT2D eigenvalue weighted by Crippen LogP contribution is -2.10. The summed E-state index contributed by atoms with van der Waals surface area (Å²) < 4.78 is 9.55. The Morgan fingerprint density at radius 3 is 2.06 bits per heavy atom. The zero-order valence-corrected chi connectivity index (χ0v) is 10.3. The molecular formula is C12H13NO5. The highest BCUT2D eigenvalue weighted by Crippen LogP contribution is 2.13. The van der Waals surface area contributed by atoms with Crippen LogP contribution in [0.3, 0.4) is 0 Å². The molecule has 0 saturated carbocycles. The molecule has 0 fully saturated rings. The predicted molar refractivity (Wildman–Crippen MR) is 64.2 cm³/mol. The van der Waals surface area contributed by atoms with Gasteiger partial charge in [0.2, 0.25) is 5.90 Å². The fourth-order valence-electron chi connectivity index (χ4n) is 1.45. The molecule has 0 saturated heterocycles. The third-order valence-electron chi connectivity index (χ3n) is 2.24. The van der Waals surface area contributed by atoms with Crippen LogP contribution in [-0.2, 0) is 9.47 Å². The van der Waals surface area contributed by atoms with Crippen LogP contribution in [0.5, 0.6) is 0 Å². The molecular weight excluding hydrogens is 238 g/mol. The van der Waals surface area contributed by atoms with E-state index in [0.717, 1.165) is 0 Å². The molecule has 1 aromatic rings. The second-order valence-corrected chi connectivity index (χ2v) is 3.33. The van der Waals surface area contributed by atoms with Crippen LogP contribution in [0.4, 0.5) is 0 Å². The Bertz CT molecular complexity index is 507. The Balaban J connectivity index is 3.39. The van der Waals surface area contributed by atoms with Crippen molar-refractivity contribution >= 4 is 17.8 Å². The summed E-state index contributed by atoms with van der Waals surface area (Å²) >= 11 is 0. The van der Waals surface area contributed by atoms with Crippen molar-refractivity contribution in [3.63, 3.8) is 0 Å². The molecule has 6 nitrogen and oxygen atoms in total. The average molecular weight is 251 g/mol. The van der Waals surface area contributed by atoms with Gasteiger partial charge in [0.15, 0.2) is 0 Å². The topological polar surface area (TPSA) is 85.2 Å². The SMILES string of the molecule is C/N=C(\OC)c1cc(C(=O)O)cc(C(=O)OC)c1. The second-order valence-electron chi connectivity index (χ2n) is 3.33. The van der Waals surface area contributed by atoms with Gasteiger partial charge in [0.05, 0.1) is 25.3 Å². The quantitative estimate of drug-likeness (QED) is 0.495. The molecule has 0 radical (unpaired) electrons. The minimum atomic E-state index is -1.14. The maximum atomic E-state index is 11.4. The molecule has 0 atom stereocenters. The smallest absolute Gasteiger partial charge is 0.337 e. The van der Waals surface area contributed by atoms with Gasteiger partial charge >= 0.3 is 11.9 Å². The van der Waals surface area contributed by atoms with Crippen LogP contribution in [0.25, 0.3) is 0 Å². The second kappa shape index (κ2) is 5.81. The Hall–Kier alpha value is -2.37. The highest BCUT2D eigenvalue weighted by molar-refractivity contribution is 6.01. The maximum absolute atomic E-state index is 11.4. The van der Waals surface area contributed by atoms with Gasteiger partial charge in [0, 0.05) is 12.6 Å². The summed E-state index contributed by atoms with van der Waals surface area (Å²) in [4.78, 5) is 26.3. The van der Waals surface area contributed by atoms with Crippen molar-refractivity contribution in [2.24, 2.45) is 4.99 Å². The van der Waals surface area contributed by atoms with Crippen molar-refractivity contribution in [1.29, 1.82) is 0 Å². The van der Waals surface area contributed by atoms with Crippen molar-refractivity contribution in [3.8, 4) is 0 Å². The monoisotopic (exact) mass is 251 g/mol. The number of carboxylic acid groups (broad SMARTS) is 1. The highest BCUT2D eigenvalue weighted by Gasteiger charge is 2.15. The third kappa shape index (κ3) is 2.85. The molecule has 0 aromatic heterocycles. The molecule has 0 spiro atoms. The number of esters is 1. The van der Waals surface area contributed by atoms with E-state index in [1.165, 1.54) is 39.5 Å². The first-order valence-corrected chi connectivity index (χ1v) is 5.01. The number of hydrogen-bond acceptors (Lipinski definition) is 5. The molecule has 0 unspecified atom stereocenters. The van der Waals surface area contributed by atoms with Crippen molar-refractivity contribution < 1.29 is 24.2 Å². The number of carbonyl (C=O) groups excluding carboxylic acids is 1. The fraction of sp³-hybridized carbons (Fsp3) is 0.250. The number of aromatic carboxylic acids is 1. The Labute approximate surface area is 104 Å². The average Bonchev–Trinajstić information content (AvgIpc) is 2.38. The van der Waals surface area contributed by atoms with Gasteiger partial charge in [-0.3, -0.25) is 4.99 Å². The predicted octanol–water partition coefficient (Wildman–Crippen LogP) is 1.19. The van der Waals surface area contributed by atoms with E-state index >= 15 is 0 Å². The summed E-state index contributed by atoms with van der Waals surface area (Å²) in [5.41, 5.74) is 0.497. The first kappa shape index (κ1) is 13.7. The van der Waals surface area contributed by atoms with Gasteiger partial charge in [0.1, 0.15) is 0 Å². The molecule has 0 aliphatic carbocycles. The highest BCUT2D eigenvalue weighted by atomic mass is 16.5. The number of rotatable bonds is 3. The van der Waals surface area contributed by atoms with Gasteiger partial charge in [-0.1, -0.05) is 0 Å². The van der Waals surface area contributed by atoms with E-state index < -0.39 is 11.9 Å². The van der Waals surface area contributed by atoms with E-state index in [0.29, 0.717) is 5.56 Å². The maximum Gasteiger partial charge on any atom is 0.337 e. The molecule has 6 heteroatoms. The van der Waals surface area contributed by atoms with E-state index in [9.17, 15) is 9.59 Å². The third-order valence-corrected chi connectivity index (χ3v) is 2.24. The van der Waals surface area contributed by atoms with E-state index in [4.69, 9.17) is 9.84 Å². The van der Waals surface area contributed by atoms with Crippen molar-refractivity contribution in [2.45, 2.75) is 0 Å². The molecule has 0 aliphatic heterocycles. The minimum absolute atomic E-state index is 0.0360. The van der Waals surface area contributed by atoms with Crippen LogP contribution in [0.1, 0.15) is 26.3 Å². The molecule has 96 valence electrons. The van der Waals surface area contributed by atoms with Crippen LogP contribution >= 0.6 is 0 Å². The molecule has 1 rings (SSSR count). The molecule has 1 aromatic carbocycles. The fourth-order valence-corrected chi connectivity index (χ4v) is 1.45. The summed E-state index contributed by atoms with van der Waals surface area (Å²) in [6.45, 7) is 0. The van der Waals surface area contributed by atoms with Crippen LogP contribution < -0.4 is 0 Å². The minimum Gasteiger partial charge on any atom is -0.481 e. The lowest BCUT2D eigenvalue weighted by Gasteiger charge is -2.07. The number of hydrogen-bond donors (Lipinski definition) is 1. The van der Waals surface area contributed by atoms with E-state index in [1.54, 1.807) is 0 Å². The van der Waals surface area contributed by atoms with E-state index in [-0.39, 0.29) is 17.0 Å². The van der Waals surface area contributed by atoms with Gasteiger partial charge in [-0.15, -0.1) is 0 Å². The first-order valence-electron chi connectivity index (χ1n) is 5.01. The Morgan fingerprint density at radius 1 is 1.06 bits per heavy atom. The van der Waals surface area contributed by atoms with E-state index in [1.807, 2.05) is 0 Å². The summed E-state index contributed by atoms with van der Waals surface area (Å²) in [7, 11) is 4.14. The lowest BCUT2D eigenvalue weighted by atomic mass is 10.1. The summed E-state index contributed by atoms with van der Waals surface area (Å²) in [6.07, 6.45) is 0. The Kier molecular flexibility index (Phi) is 4.42. The summed E-state index contributed by atoms with van der Waals surface area (Å²) in [5, 5.41) is 8.98. The molecule has 0 bridgehead atoms. The standard InChI is InChI=1S/C12H13NO5/c1-13-10(17-2)7-4-8(11(14)15)6-9(5-7)12(16)18-3/h4-6H,1-3H3,(H,14,15)/b13-10-. The molecule has 0 amide bonds.